The van der Waals surface area contributed by atoms with Crippen LogP contribution in [0.15, 0.2) is 29.4 Å². The number of fused-ring (bicyclic) bond motifs is 1. The van der Waals surface area contributed by atoms with E-state index >= 15 is 0 Å². The Labute approximate surface area is 111 Å². The molecule has 0 unspecified atom stereocenters. The summed E-state index contributed by atoms with van der Waals surface area (Å²) in [4.78, 5) is 0. The van der Waals surface area contributed by atoms with Gasteiger partial charge in [0.25, 0.3) is 0 Å². The quantitative estimate of drug-likeness (QED) is 0.783. The number of nitrogens with zero attached hydrogens (tertiary/aromatic N) is 2. The molecule has 1 aromatic carbocycles. The molecule has 0 saturated heterocycles. The lowest BCUT2D eigenvalue weighted by atomic mass is 10.3. The molecule has 104 valence electrons. The SMILES string of the molecule is CCOP(=O)(OCC)ON1C=c2ccccc2=NN1. The summed E-state index contributed by atoms with van der Waals surface area (Å²) in [6, 6.07) is 7.46. The van der Waals surface area contributed by atoms with Crippen molar-refractivity contribution in [1.82, 2.24) is 10.7 Å². The molecule has 0 aromatic heterocycles. The lowest BCUT2D eigenvalue weighted by Gasteiger charge is -2.24. The van der Waals surface area contributed by atoms with Gasteiger partial charge in [0.1, 0.15) is 0 Å². The molecule has 0 aliphatic carbocycles. The number of phosphoric acid groups is 1. The average Bonchev–Trinajstić information content (AvgIpc) is 2.39. The van der Waals surface area contributed by atoms with Crippen molar-refractivity contribution in [3.8, 4) is 0 Å². The van der Waals surface area contributed by atoms with Crippen LogP contribution in [0.25, 0.3) is 6.20 Å². The maximum Gasteiger partial charge on any atom is 0.498 e. The summed E-state index contributed by atoms with van der Waals surface area (Å²) in [6.45, 7) is 3.86. The van der Waals surface area contributed by atoms with Crippen molar-refractivity contribution in [1.29, 1.82) is 0 Å². The first-order chi connectivity index (χ1) is 9.17. The first-order valence-corrected chi connectivity index (χ1v) is 7.41. The molecule has 1 aliphatic rings. The number of benzene rings is 1. The van der Waals surface area contributed by atoms with Crippen LogP contribution in [0, 0.1) is 0 Å². The largest absolute Gasteiger partial charge is 0.498 e. The molecule has 0 atom stereocenters. The number of phosphoric ester groups is 1. The predicted molar refractivity (Wildman–Crippen MR) is 68.6 cm³/mol. The van der Waals surface area contributed by atoms with Crippen molar-refractivity contribution in [2.75, 3.05) is 13.2 Å². The second kappa shape index (κ2) is 6.16. The summed E-state index contributed by atoms with van der Waals surface area (Å²) in [6.07, 6.45) is 1.62. The molecule has 0 fully saturated rings. The van der Waals surface area contributed by atoms with Gasteiger partial charge < -0.3 is 0 Å². The summed E-state index contributed by atoms with van der Waals surface area (Å²) < 4.78 is 27.4. The zero-order valence-corrected chi connectivity index (χ0v) is 11.7. The van der Waals surface area contributed by atoms with Crippen molar-refractivity contribution in [2.45, 2.75) is 13.8 Å². The van der Waals surface area contributed by atoms with E-state index in [-0.39, 0.29) is 13.2 Å². The highest BCUT2D eigenvalue weighted by atomic mass is 31.2. The molecule has 2 rings (SSSR count). The van der Waals surface area contributed by atoms with Crippen molar-refractivity contribution in [3.63, 3.8) is 0 Å². The van der Waals surface area contributed by atoms with E-state index in [4.69, 9.17) is 13.7 Å². The Bertz CT molecular complexity index is 582. The normalized spacial score (nSPS) is 14.1. The number of hydrogen-bond acceptors (Lipinski definition) is 7. The summed E-state index contributed by atoms with van der Waals surface area (Å²) in [5, 5.41) is 6.79. The van der Waals surface area contributed by atoms with Crippen LogP contribution < -0.4 is 16.1 Å². The third-order valence-corrected chi connectivity index (χ3v) is 3.75. The van der Waals surface area contributed by atoms with E-state index in [2.05, 4.69) is 10.6 Å². The highest BCUT2D eigenvalue weighted by molar-refractivity contribution is 7.48. The molecule has 1 N–H and O–H groups in total. The van der Waals surface area contributed by atoms with E-state index < -0.39 is 7.82 Å². The number of hydrazine groups is 1. The number of hydrogen-bond donors (Lipinski definition) is 1. The van der Waals surface area contributed by atoms with Crippen LogP contribution >= 0.6 is 7.82 Å². The minimum atomic E-state index is -3.63. The Kier molecular flexibility index (Phi) is 4.55. The van der Waals surface area contributed by atoms with Gasteiger partial charge in [-0.25, -0.2) is 4.57 Å². The van der Waals surface area contributed by atoms with Gasteiger partial charge in [-0.15, -0.1) is 9.80 Å². The van der Waals surface area contributed by atoms with Crippen LogP contribution in [-0.4, -0.2) is 18.4 Å². The first kappa shape index (κ1) is 14.0. The summed E-state index contributed by atoms with van der Waals surface area (Å²) in [5.74, 6) is 0. The van der Waals surface area contributed by atoms with Gasteiger partial charge >= 0.3 is 7.82 Å². The van der Waals surface area contributed by atoms with Crippen LogP contribution in [-0.2, 0) is 18.2 Å². The van der Waals surface area contributed by atoms with E-state index in [0.717, 1.165) is 15.7 Å². The second-order valence-corrected chi connectivity index (χ2v) is 5.16. The number of para-hydroxylation sites is 1. The molecule has 0 amide bonds. The fraction of sp³-hybridized carbons (Fsp3) is 0.364. The Morgan fingerprint density at radius 2 is 1.95 bits per heavy atom. The highest BCUT2D eigenvalue weighted by Crippen LogP contribution is 2.49. The fourth-order valence-corrected chi connectivity index (χ4v) is 2.61. The molecular formula is C11H16N3O4P. The lowest BCUT2D eigenvalue weighted by Crippen LogP contribution is -2.42. The summed E-state index contributed by atoms with van der Waals surface area (Å²) in [7, 11) is -3.63. The topological polar surface area (TPSA) is 72.4 Å². The van der Waals surface area contributed by atoms with E-state index in [0.29, 0.717) is 0 Å². The zero-order valence-electron chi connectivity index (χ0n) is 10.8. The Morgan fingerprint density at radius 1 is 1.26 bits per heavy atom. The molecule has 0 radical (unpaired) electrons. The highest BCUT2D eigenvalue weighted by Gasteiger charge is 2.29. The third kappa shape index (κ3) is 3.54. The minimum Gasteiger partial charge on any atom is -0.286 e. The molecule has 0 bridgehead atoms. The van der Waals surface area contributed by atoms with Crippen LogP contribution in [0.3, 0.4) is 0 Å². The minimum absolute atomic E-state index is 0.221. The smallest absolute Gasteiger partial charge is 0.286 e. The van der Waals surface area contributed by atoms with Crippen molar-refractivity contribution in [2.24, 2.45) is 5.10 Å². The number of rotatable bonds is 6. The first-order valence-electron chi connectivity index (χ1n) is 5.95. The van der Waals surface area contributed by atoms with Gasteiger partial charge in [-0.2, -0.15) is 10.6 Å². The molecule has 1 heterocycles. The summed E-state index contributed by atoms with van der Waals surface area (Å²) >= 11 is 0. The molecule has 1 aliphatic heterocycles. The standard InChI is InChI=1S/C11H16N3O4P/c1-3-16-19(15,17-4-2)18-14-9-10-7-5-6-8-11(10)12-13-14/h5-9,13H,3-4H2,1-2H3. The van der Waals surface area contributed by atoms with E-state index in [1.165, 1.54) is 0 Å². The van der Waals surface area contributed by atoms with Crippen molar-refractivity contribution in [3.05, 3.63) is 34.8 Å². The van der Waals surface area contributed by atoms with Gasteiger partial charge in [-0.1, -0.05) is 18.2 Å². The van der Waals surface area contributed by atoms with Gasteiger partial charge in [0, 0.05) is 5.22 Å². The van der Waals surface area contributed by atoms with E-state index in [1.807, 2.05) is 24.3 Å². The molecular weight excluding hydrogens is 269 g/mol. The Hall–Kier alpha value is -1.40. The second-order valence-electron chi connectivity index (χ2n) is 3.59. The lowest BCUT2D eigenvalue weighted by molar-refractivity contribution is -0.0757. The number of hydroxylamine groups is 1. The van der Waals surface area contributed by atoms with Gasteiger partial charge in [0.2, 0.25) is 0 Å². The number of nitrogens with one attached hydrogen (secondary N) is 1. The van der Waals surface area contributed by atoms with Crippen LogP contribution in [0.2, 0.25) is 0 Å². The third-order valence-electron chi connectivity index (χ3n) is 2.22. The molecule has 8 heteroatoms. The van der Waals surface area contributed by atoms with Crippen molar-refractivity contribution < 1.29 is 18.2 Å². The van der Waals surface area contributed by atoms with Crippen LogP contribution in [0.5, 0.6) is 0 Å². The average molecular weight is 285 g/mol. The molecule has 19 heavy (non-hydrogen) atoms. The zero-order chi connectivity index (χ0) is 13.7. The Morgan fingerprint density at radius 3 is 2.63 bits per heavy atom. The van der Waals surface area contributed by atoms with Gasteiger partial charge in [-0.05, 0) is 19.9 Å². The molecule has 1 aromatic rings. The van der Waals surface area contributed by atoms with E-state index in [9.17, 15) is 4.57 Å². The maximum absolute atomic E-state index is 12.2. The molecule has 7 nitrogen and oxygen atoms in total. The summed E-state index contributed by atoms with van der Waals surface area (Å²) in [5.41, 5.74) is 2.60. The van der Waals surface area contributed by atoms with Crippen molar-refractivity contribution >= 4 is 14.0 Å². The maximum atomic E-state index is 12.2. The van der Waals surface area contributed by atoms with Crippen LogP contribution in [0.4, 0.5) is 0 Å². The van der Waals surface area contributed by atoms with E-state index in [1.54, 1.807) is 20.0 Å². The fourth-order valence-electron chi connectivity index (χ4n) is 1.51. The Balaban J connectivity index is 2.17. The van der Waals surface area contributed by atoms with Gasteiger partial charge in [-0.3, -0.25) is 9.05 Å². The van der Waals surface area contributed by atoms with Crippen LogP contribution in [0.1, 0.15) is 13.8 Å². The predicted octanol–water partition coefficient (Wildman–Crippen LogP) is 0.892. The van der Waals surface area contributed by atoms with Gasteiger partial charge in [0.05, 0.1) is 24.8 Å². The monoisotopic (exact) mass is 285 g/mol. The molecule has 0 spiro atoms. The molecule has 0 saturated carbocycles. The van der Waals surface area contributed by atoms with Gasteiger partial charge in [0.15, 0.2) is 0 Å².